The fraction of sp³-hybridized carbons (Fsp3) is 0.513. The van der Waals surface area contributed by atoms with E-state index in [1.807, 2.05) is 50.8 Å². The predicted molar refractivity (Wildman–Crippen MR) is 200 cm³/mol. The summed E-state index contributed by atoms with van der Waals surface area (Å²) in [5, 5.41) is 1.52. The van der Waals surface area contributed by atoms with Gasteiger partial charge in [0.2, 0.25) is 11.8 Å². The molecule has 1 aromatic heterocycles. The molecule has 3 aromatic rings. The number of aromatic nitrogens is 1. The second-order valence-electron chi connectivity index (χ2n) is 14.3. The van der Waals surface area contributed by atoms with Crippen molar-refractivity contribution in [1.29, 1.82) is 0 Å². The van der Waals surface area contributed by atoms with Crippen LogP contribution < -0.4 is 9.47 Å². The molecule has 5 rings (SSSR count). The van der Waals surface area contributed by atoms with E-state index >= 15 is 0 Å². The number of carbonyl (C=O) groups excluding carboxylic acids is 2. The molecule has 1 saturated carbocycles. The Morgan fingerprint density at radius 1 is 0.941 bits per heavy atom. The van der Waals surface area contributed by atoms with Crippen LogP contribution in [0.4, 0.5) is 4.79 Å². The zero-order valence-electron chi connectivity index (χ0n) is 30.1. The smallest absolute Gasteiger partial charge is 0.410 e. The highest BCUT2D eigenvalue weighted by atomic mass is 35.5. The molecule has 51 heavy (non-hydrogen) atoms. The Hall–Kier alpha value is -3.24. The van der Waals surface area contributed by atoms with E-state index in [-0.39, 0.29) is 37.6 Å². The first-order valence-corrected chi connectivity index (χ1v) is 18.7. The van der Waals surface area contributed by atoms with Crippen molar-refractivity contribution >= 4 is 46.8 Å². The summed E-state index contributed by atoms with van der Waals surface area (Å²) in [6, 6.07) is 13.5. The third-order valence-corrected chi connectivity index (χ3v) is 9.96. The molecule has 9 nitrogen and oxygen atoms in total. The summed E-state index contributed by atoms with van der Waals surface area (Å²) < 4.78 is 22.6. The van der Waals surface area contributed by atoms with E-state index in [0.29, 0.717) is 52.8 Å². The number of likely N-dealkylation sites (tertiary alicyclic amines) is 1. The fourth-order valence-electron chi connectivity index (χ4n) is 6.40. The number of ether oxygens (including phenoxy) is 4. The average molecular weight is 761 g/mol. The lowest BCUT2D eigenvalue weighted by atomic mass is 9.80. The molecule has 276 valence electrons. The monoisotopic (exact) mass is 759 g/mol. The molecule has 0 radical (unpaired) electrons. The van der Waals surface area contributed by atoms with Gasteiger partial charge in [-0.05, 0) is 100 Å². The van der Waals surface area contributed by atoms with Gasteiger partial charge in [-0.1, -0.05) is 53.0 Å². The van der Waals surface area contributed by atoms with E-state index in [9.17, 15) is 9.59 Å². The number of piperidine rings is 1. The summed E-state index contributed by atoms with van der Waals surface area (Å²) in [7, 11) is 1.70. The highest BCUT2D eigenvalue weighted by Crippen LogP contribution is 2.39. The van der Waals surface area contributed by atoms with Crippen LogP contribution in [-0.2, 0) is 27.2 Å². The van der Waals surface area contributed by atoms with Crippen molar-refractivity contribution in [3.8, 4) is 11.6 Å². The number of halogens is 3. The number of hydrogen-bond donors (Lipinski definition) is 0. The first kappa shape index (κ1) is 39.0. The Kier molecular flexibility index (Phi) is 13.4. The summed E-state index contributed by atoms with van der Waals surface area (Å²) in [4.78, 5) is 36.1. The molecule has 2 unspecified atom stereocenters. The topological polar surface area (TPSA) is 90.4 Å². The van der Waals surface area contributed by atoms with Crippen molar-refractivity contribution in [3.05, 3.63) is 86.0 Å². The van der Waals surface area contributed by atoms with Gasteiger partial charge >= 0.3 is 6.09 Å². The second kappa shape index (κ2) is 17.5. The van der Waals surface area contributed by atoms with Crippen molar-refractivity contribution in [2.24, 2.45) is 5.92 Å². The lowest BCUT2D eigenvalue weighted by molar-refractivity contribution is -0.139. The lowest BCUT2D eigenvalue weighted by Crippen LogP contribution is -2.51. The average Bonchev–Trinajstić information content (AvgIpc) is 3.92. The summed E-state index contributed by atoms with van der Waals surface area (Å²) >= 11 is 19.3. The summed E-state index contributed by atoms with van der Waals surface area (Å²) in [5.41, 5.74) is 3.28. The molecule has 12 heteroatoms. The van der Waals surface area contributed by atoms with Gasteiger partial charge in [-0.15, -0.1) is 0 Å². The van der Waals surface area contributed by atoms with E-state index in [1.165, 1.54) is 0 Å². The molecule has 1 aliphatic carbocycles. The van der Waals surface area contributed by atoms with Gasteiger partial charge in [0.1, 0.15) is 18.8 Å². The van der Waals surface area contributed by atoms with Gasteiger partial charge in [-0.3, -0.25) is 4.79 Å². The summed E-state index contributed by atoms with van der Waals surface area (Å²) in [5.74, 6) is 0.187. The van der Waals surface area contributed by atoms with Gasteiger partial charge in [-0.25, -0.2) is 9.78 Å². The Balaban J connectivity index is 1.31. The minimum Gasteiger partial charge on any atom is -0.487 e. The Morgan fingerprint density at radius 3 is 2.31 bits per heavy atom. The lowest BCUT2D eigenvalue weighted by Gasteiger charge is -2.40. The third-order valence-electron chi connectivity index (χ3n) is 9.03. The summed E-state index contributed by atoms with van der Waals surface area (Å²) in [6.45, 7) is 9.68. The van der Waals surface area contributed by atoms with Gasteiger partial charge in [0.15, 0.2) is 5.75 Å². The Bertz CT molecular complexity index is 1640. The number of amides is 2. The molecule has 2 aromatic carbocycles. The molecule has 2 atom stereocenters. The third kappa shape index (κ3) is 10.9. The number of methoxy groups -OCH3 is 1. The molecule has 0 bridgehead atoms. The molecule has 2 aliphatic rings. The number of nitrogens with zero attached hydrogens (tertiary/aromatic N) is 3. The highest BCUT2D eigenvalue weighted by molar-refractivity contribution is 6.37. The van der Waals surface area contributed by atoms with Crippen molar-refractivity contribution < 1.29 is 28.5 Å². The van der Waals surface area contributed by atoms with Crippen molar-refractivity contribution in [2.45, 2.75) is 83.9 Å². The van der Waals surface area contributed by atoms with Crippen LogP contribution in [0, 0.1) is 12.8 Å². The van der Waals surface area contributed by atoms with Crippen LogP contribution in [0.25, 0.3) is 0 Å². The van der Waals surface area contributed by atoms with Gasteiger partial charge in [0.05, 0.1) is 16.0 Å². The molecule has 2 amide bonds. The van der Waals surface area contributed by atoms with Crippen LogP contribution in [0.2, 0.25) is 15.1 Å². The standard InChI is InChI=1S/C39H48Cl3N3O6/c1-25-19-33(41)36(34(42)20-25)50-18-17-49-35-13-9-27(22-43-35)30-14-15-44(38(47)51-39(2,3)4)24-31(30)37(46)45(29-10-11-29)23-28-21-26(7-6-16-48-5)8-12-32(28)40/h8-9,12-13,19-22,29-31H,6-7,10-11,14-18,23-24H2,1-5H3. The largest absolute Gasteiger partial charge is 0.487 e. The molecule has 1 aliphatic heterocycles. The van der Waals surface area contributed by atoms with Gasteiger partial charge in [0.25, 0.3) is 0 Å². The van der Waals surface area contributed by atoms with Gasteiger partial charge < -0.3 is 28.7 Å². The molecule has 0 spiro atoms. The number of pyridine rings is 1. The quantitative estimate of drug-likeness (QED) is 0.152. The van der Waals surface area contributed by atoms with Crippen LogP contribution in [0.3, 0.4) is 0 Å². The van der Waals surface area contributed by atoms with E-state index < -0.39 is 17.6 Å². The molecular formula is C39H48Cl3N3O6. The Labute approximate surface area is 316 Å². The maximum Gasteiger partial charge on any atom is 0.410 e. The molecule has 1 saturated heterocycles. The number of aryl methyl sites for hydroxylation is 2. The normalized spacial score (nSPS) is 17.6. The minimum absolute atomic E-state index is 0.00233. The van der Waals surface area contributed by atoms with E-state index in [4.69, 9.17) is 53.8 Å². The zero-order valence-corrected chi connectivity index (χ0v) is 32.3. The fourth-order valence-corrected chi connectivity index (χ4v) is 7.28. The van der Waals surface area contributed by atoms with Crippen LogP contribution >= 0.6 is 34.8 Å². The summed E-state index contributed by atoms with van der Waals surface area (Å²) in [6.07, 6.45) is 5.56. The second-order valence-corrected chi connectivity index (χ2v) is 15.6. The van der Waals surface area contributed by atoms with E-state index in [0.717, 1.165) is 47.9 Å². The zero-order chi connectivity index (χ0) is 36.7. The number of carbonyl (C=O) groups is 2. The predicted octanol–water partition coefficient (Wildman–Crippen LogP) is 8.92. The molecular weight excluding hydrogens is 713 g/mol. The van der Waals surface area contributed by atoms with Crippen molar-refractivity contribution in [3.63, 3.8) is 0 Å². The van der Waals surface area contributed by atoms with Gasteiger partial charge in [-0.2, -0.15) is 0 Å². The maximum absolute atomic E-state index is 14.7. The first-order chi connectivity index (χ1) is 24.3. The molecule has 2 heterocycles. The Morgan fingerprint density at radius 2 is 1.67 bits per heavy atom. The van der Waals surface area contributed by atoms with Crippen LogP contribution in [0.15, 0.2) is 48.7 Å². The van der Waals surface area contributed by atoms with E-state index in [2.05, 4.69) is 11.1 Å². The number of benzene rings is 2. The van der Waals surface area contributed by atoms with Crippen LogP contribution in [-0.4, -0.2) is 78.4 Å². The van der Waals surface area contributed by atoms with Gasteiger partial charge in [0, 0.05) is 62.6 Å². The first-order valence-electron chi connectivity index (χ1n) is 17.5. The highest BCUT2D eigenvalue weighted by Gasteiger charge is 2.43. The molecule has 0 N–H and O–H groups in total. The minimum atomic E-state index is -0.651. The van der Waals surface area contributed by atoms with Crippen molar-refractivity contribution in [1.82, 2.24) is 14.8 Å². The number of rotatable bonds is 14. The molecule has 2 fully saturated rings. The SMILES string of the molecule is COCCCc1ccc(Cl)c(CN(C(=O)C2CN(C(=O)OC(C)(C)C)CCC2c2ccc(OCCOc3c(Cl)cc(C)cc3Cl)nc2)C2CC2)c1. The maximum atomic E-state index is 14.7. The van der Waals surface area contributed by atoms with Crippen LogP contribution in [0.5, 0.6) is 11.6 Å². The number of hydrogen-bond acceptors (Lipinski definition) is 7. The van der Waals surface area contributed by atoms with E-state index in [1.54, 1.807) is 36.4 Å². The van der Waals surface area contributed by atoms with Crippen molar-refractivity contribution in [2.75, 3.05) is 40.0 Å². The van der Waals surface area contributed by atoms with Crippen LogP contribution in [0.1, 0.15) is 74.6 Å².